The van der Waals surface area contributed by atoms with Crippen LogP contribution >= 0.6 is 0 Å². The van der Waals surface area contributed by atoms with Crippen molar-refractivity contribution in [2.45, 2.75) is 19.4 Å². The number of hydrogen-bond acceptors (Lipinski definition) is 6. The summed E-state index contributed by atoms with van der Waals surface area (Å²) in [6, 6.07) is 18.2. The van der Waals surface area contributed by atoms with Gasteiger partial charge in [0.15, 0.2) is 17.3 Å². The Bertz CT molecular complexity index is 1070. The number of benzene rings is 2. The number of hydrogen-bond donors (Lipinski definition) is 3. The topological polar surface area (TPSA) is 95.6 Å². The van der Waals surface area contributed by atoms with Crippen molar-refractivity contribution < 1.29 is 10.2 Å². The minimum atomic E-state index is -0.531. The molecule has 0 aliphatic carbocycles. The highest BCUT2D eigenvalue weighted by Crippen LogP contribution is 2.20. The molecule has 3 N–H and O–H groups in total. The molecule has 4 aromatic rings. The molecule has 0 spiro atoms. The Morgan fingerprint density at radius 3 is 2.63 bits per heavy atom. The van der Waals surface area contributed by atoms with Crippen molar-refractivity contribution in [2.24, 2.45) is 0 Å². The first-order valence-electron chi connectivity index (χ1n) is 8.63. The molecular formula is C20H19N5O2. The van der Waals surface area contributed by atoms with Gasteiger partial charge in [-0.15, -0.1) is 15.3 Å². The van der Waals surface area contributed by atoms with Gasteiger partial charge in [0.1, 0.15) is 5.75 Å². The van der Waals surface area contributed by atoms with Gasteiger partial charge in [-0.25, -0.2) is 0 Å². The number of anilines is 2. The fourth-order valence-electron chi connectivity index (χ4n) is 2.83. The molecule has 27 heavy (non-hydrogen) atoms. The number of aliphatic hydroxyl groups excluding tert-OH is 1. The van der Waals surface area contributed by atoms with Crippen LogP contribution in [0.3, 0.4) is 0 Å². The lowest BCUT2D eigenvalue weighted by Gasteiger charge is -2.10. The SMILES string of the molecule is CC(O)c1cccc(Nc2ccc3nnc(Cc4ccc(O)cc4)n3n2)c1. The second-order valence-corrected chi connectivity index (χ2v) is 6.37. The van der Waals surface area contributed by atoms with Crippen molar-refractivity contribution in [3.05, 3.63) is 77.6 Å². The molecule has 0 aliphatic heterocycles. The van der Waals surface area contributed by atoms with E-state index in [1.165, 1.54) is 0 Å². The van der Waals surface area contributed by atoms with Crippen LogP contribution in [-0.2, 0) is 6.42 Å². The summed E-state index contributed by atoms with van der Waals surface area (Å²) in [5, 5.41) is 35.4. The van der Waals surface area contributed by atoms with E-state index in [1.54, 1.807) is 23.6 Å². The van der Waals surface area contributed by atoms with Gasteiger partial charge in [0.2, 0.25) is 0 Å². The molecule has 2 heterocycles. The van der Waals surface area contributed by atoms with E-state index in [-0.39, 0.29) is 5.75 Å². The average molecular weight is 361 g/mol. The van der Waals surface area contributed by atoms with E-state index in [1.807, 2.05) is 48.5 Å². The smallest absolute Gasteiger partial charge is 0.178 e. The molecule has 136 valence electrons. The lowest BCUT2D eigenvalue weighted by Crippen LogP contribution is -2.03. The van der Waals surface area contributed by atoms with Crippen molar-refractivity contribution in [2.75, 3.05) is 5.32 Å². The van der Waals surface area contributed by atoms with Crippen molar-refractivity contribution in [3.8, 4) is 5.75 Å². The monoisotopic (exact) mass is 361 g/mol. The zero-order valence-electron chi connectivity index (χ0n) is 14.7. The number of fused-ring (bicyclic) bond motifs is 1. The summed E-state index contributed by atoms with van der Waals surface area (Å²) in [7, 11) is 0. The summed E-state index contributed by atoms with van der Waals surface area (Å²) >= 11 is 0. The molecule has 0 amide bonds. The van der Waals surface area contributed by atoms with Gasteiger partial charge in [0, 0.05) is 12.1 Å². The molecule has 0 aliphatic rings. The summed E-state index contributed by atoms with van der Waals surface area (Å²) in [5.74, 6) is 1.59. The normalized spacial score (nSPS) is 12.2. The zero-order valence-corrected chi connectivity index (χ0v) is 14.7. The summed E-state index contributed by atoms with van der Waals surface area (Å²) < 4.78 is 1.70. The summed E-state index contributed by atoms with van der Waals surface area (Å²) in [6.07, 6.45) is 0.0204. The van der Waals surface area contributed by atoms with Crippen molar-refractivity contribution in [1.29, 1.82) is 0 Å². The lowest BCUT2D eigenvalue weighted by molar-refractivity contribution is 0.199. The predicted molar refractivity (Wildman–Crippen MR) is 102 cm³/mol. The standard InChI is InChI=1S/C20H19N5O2/c1-13(26)15-3-2-4-16(12-15)21-18-9-10-19-22-23-20(25(19)24-18)11-14-5-7-17(27)8-6-14/h2-10,12-13,26-27H,11H2,1H3,(H,21,24). The Morgan fingerprint density at radius 1 is 1.04 bits per heavy atom. The number of phenols is 1. The molecule has 1 atom stereocenters. The number of nitrogens with zero attached hydrogens (tertiary/aromatic N) is 4. The molecule has 7 nitrogen and oxygen atoms in total. The van der Waals surface area contributed by atoms with Crippen LogP contribution in [0.5, 0.6) is 5.75 Å². The first-order valence-corrected chi connectivity index (χ1v) is 8.63. The fraction of sp³-hybridized carbons (Fsp3) is 0.150. The van der Waals surface area contributed by atoms with Crippen LogP contribution in [0.15, 0.2) is 60.7 Å². The van der Waals surface area contributed by atoms with E-state index in [2.05, 4.69) is 20.6 Å². The number of nitrogens with one attached hydrogen (secondary N) is 1. The highest BCUT2D eigenvalue weighted by Gasteiger charge is 2.09. The number of rotatable bonds is 5. The molecule has 0 bridgehead atoms. The number of phenolic OH excluding ortho intramolecular Hbond substituents is 1. The molecule has 2 aromatic carbocycles. The molecule has 1 unspecified atom stereocenters. The van der Waals surface area contributed by atoms with Gasteiger partial charge >= 0.3 is 0 Å². The third kappa shape index (κ3) is 3.73. The Balaban J connectivity index is 1.61. The maximum atomic E-state index is 9.74. The zero-order chi connectivity index (χ0) is 18.8. The van der Waals surface area contributed by atoms with Crippen LogP contribution in [0.1, 0.15) is 30.0 Å². The van der Waals surface area contributed by atoms with Crippen molar-refractivity contribution in [1.82, 2.24) is 19.8 Å². The van der Waals surface area contributed by atoms with Crippen LogP contribution in [0.25, 0.3) is 5.65 Å². The van der Waals surface area contributed by atoms with Gasteiger partial charge < -0.3 is 15.5 Å². The lowest BCUT2D eigenvalue weighted by atomic mass is 10.1. The first kappa shape index (κ1) is 17.0. The quantitative estimate of drug-likeness (QED) is 0.505. The maximum Gasteiger partial charge on any atom is 0.178 e. The average Bonchev–Trinajstić information content (AvgIpc) is 3.06. The Morgan fingerprint density at radius 2 is 1.85 bits per heavy atom. The molecule has 7 heteroatoms. The van der Waals surface area contributed by atoms with Crippen LogP contribution in [0.4, 0.5) is 11.5 Å². The van der Waals surface area contributed by atoms with Crippen LogP contribution < -0.4 is 5.32 Å². The summed E-state index contributed by atoms with van der Waals surface area (Å²) in [5.41, 5.74) is 3.34. The van der Waals surface area contributed by atoms with E-state index in [0.29, 0.717) is 23.7 Å². The molecular weight excluding hydrogens is 342 g/mol. The fourth-order valence-corrected chi connectivity index (χ4v) is 2.83. The van der Waals surface area contributed by atoms with Gasteiger partial charge in [0.05, 0.1) is 6.10 Å². The van der Waals surface area contributed by atoms with E-state index in [4.69, 9.17) is 0 Å². The molecule has 0 radical (unpaired) electrons. The van der Waals surface area contributed by atoms with Gasteiger partial charge in [-0.1, -0.05) is 24.3 Å². The molecule has 0 fully saturated rings. The second-order valence-electron chi connectivity index (χ2n) is 6.37. The third-order valence-electron chi connectivity index (χ3n) is 4.27. The number of aromatic hydroxyl groups is 1. The summed E-state index contributed by atoms with van der Waals surface area (Å²) in [4.78, 5) is 0. The van der Waals surface area contributed by atoms with Gasteiger partial charge in [-0.05, 0) is 54.4 Å². The highest BCUT2D eigenvalue weighted by molar-refractivity contribution is 5.58. The van der Waals surface area contributed by atoms with E-state index in [9.17, 15) is 10.2 Å². The third-order valence-corrected chi connectivity index (χ3v) is 4.27. The van der Waals surface area contributed by atoms with Crippen LogP contribution in [-0.4, -0.2) is 30.0 Å². The largest absolute Gasteiger partial charge is 0.508 e. The van der Waals surface area contributed by atoms with E-state index in [0.717, 1.165) is 16.8 Å². The molecule has 2 aromatic heterocycles. The number of aliphatic hydroxyl groups is 1. The predicted octanol–water partition coefficient (Wildman–Crippen LogP) is 3.22. The number of aromatic nitrogens is 4. The van der Waals surface area contributed by atoms with E-state index >= 15 is 0 Å². The Hall–Kier alpha value is -3.45. The second kappa shape index (κ2) is 7.05. The van der Waals surface area contributed by atoms with Gasteiger partial charge in [0.25, 0.3) is 0 Å². The minimum absolute atomic E-state index is 0.230. The van der Waals surface area contributed by atoms with E-state index < -0.39 is 6.10 Å². The van der Waals surface area contributed by atoms with Crippen LogP contribution in [0, 0.1) is 0 Å². The summed E-state index contributed by atoms with van der Waals surface area (Å²) in [6.45, 7) is 1.73. The molecule has 0 saturated heterocycles. The van der Waals surface area contributed by atoms with Crippen molar-refractivity contribution in [3.63, 3.8) is 0 Å². The molecule has 4 rings (SSSR count). The van der Waals surface area contributed by atoms with Gasteiger partial charge in [-0.3, -0.25) is 0 Å². The van der Waals surface area contributed by atoms with Gasteiger partial charge in [-0.2, -0.15) is 4.52 Å². The van der Waals surface area contributed by atoms with Crippen LogP contribution in [0.2, 0.25) is 0 Å². The first-order chi connectivity index (χ1) is 13.1. The maximum absolute atomic E-state index is 9.74. The molecule has 0 saturated carbocycles. The Labute approximate surface area is 155 Å². The minimum Gasteiger partial charge on any atom is -0.508 e. The highest BCUT2D eigenvalue weighted by atomic mass is 16.3. The Kier molecular flexibility index (Phi) is 4.43. The van der Waals surface area contributed by atoms with Crippen molar-refractivity contribution >= 4 is 17.2 Å².